The van der Waals surface area contributed by atoms with Gasteiger partial charge in [-0.25, -0.2) is 4.39 Å². The molecule has 0 aromatic heterocycles. The zero-order valence-electron chi connectivity index (χ0n) is 14.3. The minimum atomic E-state index is -0.489. The molecule has 6 heteroatoms. The molecule has 26 heavy (non-hydrogen) atoms. The molecule has 1 aliphatic rings. The van der Waals surface area contributed by atoms with E-state index in [2.05, 4.69) is 5.32 Å². The molecule has 1 aliphatic heterocycles. The number of amides is 2. The van der Waals surface area contributed by atoms with Crippen LogP contribution >= 0.6 is 11.6 Å². The van der Waals surface area contributed by atoms with Crippen molar-refractivity contribution in [2.75, 3.05) is 13.1 Å². The van der Waals surface area contributed by atoms with E-state index in [4.69, 9.17) is 11.6 Å². The Hall–Kier alpha value is -2.40. The number of carbonyl (C=O) groups is 2. The largest absolute Gasteiger partial charge is 0.352 e. The number of nitrogens with zero attached hydrogens (tertiary/aromatic N) is 1. The summed E-state index contributed by atoms with van der Waals surface area (Å²) in [6, 6.07) is 14.3. The Morgan fingerprint density at radius 1 is 1.19 bits per heavy atom. The van der Waals surface area contributed by atoms with Crippen LogP contribution in [0.25, 0.3) is 0 Å². The van der Waals surface area contributed by atoms with E-state index in [1.807, 2.05) is 30.3 Å². The van der Waals surface area contributed by atoms with Gasteiger partial charge in [-0.3, -0.25) is 9.59 Å². The molecular formula is C20H20ClFN2O2. The zero-order chi connectivity index (χ0) is 18.5. The van der Waals surface area contributed by atoms with Gasteiger partial charge in [0.05, 0.1) is 10.9 Å². The van der Waals surface area contributed by atoms with Crippen molar-refractivity contribution in [2.24, 2.45) is 5.92 Å². The van der Waals surface area contributed by atoms with Crippen LogP contribution in [0.1, 0.15) is 17.5 Å². The first-order chi connectivity index (χ1) is 12.5. The first-order valence-corrected chi connectivity index (χ1v) is 8.94. The van der Waals surface area contributed by atoms with E-state index in [9.17, 15) is 14.0 Å². The molecule has 2 aromatic carbocycles. The lowest BCUT2D eigenvalue weighted by molar-refractivity contribution is -0.129. The van der Waals surface area contributed by atoms with Crippen LogP contribution in [-0.2, 0) is 22.6 Å². The first-order valence-electron chi connectivity index (χ1n) is 8.56. The lowest BCUT2D eigenvalue weighted by Gasteiger charge is -2.16. The highest BCUT2D eigenvalue weighted by atomic mass is 35.5. The van der Waals surface area contributed by atoms with Crippen LogP contribution < -0.4 is 5.32 Å². The molecule has 0 spiro atoms. The molecule has 1 fully saturated rings. The molecule has 1 heterocycles. The maximum absolute atomic E-state index is 13.2. The van der Waals surface area contributed by atoms with Crippen LogP contribution in [-0.4, -0.2) is 29.8 Å². The number of rotatable bonds is 6. The summed E-state index contributed by atoms with van der Waals surface area (Å²) in [6.07, 6.45) is 1.000. The van der Waals surface area contributed by atoms with E-state index in [0.29, 0.717) is 13.1 Å². The molecule has 0 bridgehead atoms. The summed E-state index contributed by atoms with van der Waals surface area (Å²) in [6.45, 7) is 1.30. The molecule has 1 saturated heterocycles. The summed E-state index contributed by atoms with van der Waals surface area (Å²) in [4.78, 5) is 26.2. The number of likely N-dealkylation sites (tertiary alicyclic amines) is 1. The molecule has 2 aromatic rings. The molecule has 2 amide bonds. The number of carbonyl (C=O) groups excluding carboxylic acids is 2. The Kier molecular flexibility index (Phi) is 5.89. The Morgan fingerprint density at radius 2 is 1.96 bits per heavy atom. The Bertz CT molecular complexity index is 798. The smallest absolute Gasteiger partial charge is 0.225 e. The van der Waals surface area contributed by atoms with Gasteiger partial charge >= 0.3 is 0 Å². The molecule has 0 saturated carbocycles. The number of benzene rings is 2. The van der Waals surface area contributed by atoms with E-state index < -0.39 is 5.82 Å². The predicted octanol–water partition coefficient (Wildman–Crippen LogP) is 3.19. The molecule has 1 unspecified atom stereocenters. The average molecular weight is 375 g/mol. The van der Waals surface area contributed by atoms with Gasteiger partial charge < -0.3 is 10.2 Å². The van der Waals surface area contributed by atoms with Gasteiger partial charge in [0.2, 0.25) is 11.8 Å². The molecule has 3 rings (SSSR count). The quantitative estimate of drug-likeness (QED) is 0.844. The van der Waals surface area contributed by atoms with E-state index in [-0.39, 0.29) is 35.7 Å². The fourth-order valence-electron chi connectivity index (χ4n) is 3.06. The first kappa shape index (κ1) is 18.4. The molecule has 4 nitrogen and oxygen atoms in total. The number of hydrogen-bond donors (Lipinski definition) is 1. The van der Waals surface area contributed by atoms with Crippen molar-refractivity contribution in [1.82, 2.24) is 10.2 Å². The fraction of sp³-hybridized carbons (Fsp3) is 0.300. The topological polar surface area (TPSA) is 49.4 Å². The van der Waals surface area contributed by atoms with Crippen LogP contribution in [0.2, 0.25) is 5.02 Å². The van der Waals surface area contributed by atoms with Crippen molar-refractivity contribution >= 4 is 23.4 Å². The van der Waals surface area contributed by atoms with E-state index >= 15 is 0 Å². The van der Waals surface area contributed by atoms with Gasteiger partial charge in [0, 0.05) is 26.1 Å². The second-order valence-electron chi connectivity index (χ2n) is 6.44. The van der Waals surface area contributed by atoms with Crippen molar-refractivity contribution in [3.63, 3.8) is 0 Å². The lowest BCUT2D eigenvalue weighted by atomic mass is 10.1. The highest BCUT2D eigenvalue weighted by Crippen LogP contribution is 2.19. The fourth-order valence-corrected chi connectivity index (χ4v) is 3.26. The Morgan fingerprint density at radius 3 is 2.69 bits per heavy atom. The highest BCUT2D eigenvalue weighted by molar-refractivity contribution is 6.30. The molecule has 1 atom stereocenters. The van der Waals surface area contributed by atoms with Gasteiger partial charge in [-0.05, 0) is 29.7 Å². The van der Waals surface area contributed by atoms with Crippen molar-refractivity contribution in [2.45, 2.75) is 19.4 Å². The maximum Gasteiger partial charge on any atom is 0.225 e. The Balaban J connectivity index is 1.49. The van der Waals surface area contributed by atoms with Gasteiger partial charge in [0.25, 0.3) is 0 Å². The van der Waals surface area contributed by atoms with Crippen LogP contribution in [0.15, 0.2) is 48.5 Å². The van der Waals surface area contributed by atoms with Gasteiger partial charge in [-0.2, -0.15) is 0 Å². The van der Waals surface area contributed by atoms with Crippen molar-refractivity contribution in [3.8, 4) is 0 Å². The second-order valence-corrected chi connectivity index (χ2v) is 6.85. The molecule has 1 N–H and O–H groups in total. The summed E-state index contributed by atoms with van der Waals surface area (Å²) >= 11 is 5.74. The third-order valence-electron chi connectivity index (χ3n) is 4.55. The zero-order valence-corrected chi connectivity index (χ0v) is 15.0. The lowest BCUT2D eigenvalue weighted by Crippen LogP contribution is -2.33. The standard InChI is InChI=1S/C20H20ClFN2O2/c21-17-10-15(6-7-18(17)22)12-23-20(26)16-11-19(25)24(13-16)9-8-14-4-2-1-3-5-14/h1-7,10,16H,8-9,11-13H2,(H,23,26). The third kappa shape index (κ3) is 4.61. The second kappa shape index (κ2) is 8.32. The van der Waals surface area contributed by atoms with Crippen LogP contribution in [0.5, 0.6) is 0 Å². The summed E-state index contributed by atoms with van der Waals surface area (Å²) in [5.74, 6) is -1.00. The number of nitrogens with one attached hydrogen (secondary N) is 1. The third-order valence-corrected chi connectivity index (χ3v) is 4.84. The summed E-state index contributed by atoms with van der Waals surface area (Å²) < 4.78 is 13.2. The predicted molar refractivity (Wildman–Crippen MR) is 98.1 cm³/mol. The average Bonchev–Trinajstić information content (AvgIpc) is 3.02. The SMILES string of the molecule is O=C(NCc1ccc(F)c(Cl)c1)C1CC(=O)N(CCc2ccccc2)C1. The van der Waals surface area contributed by atoms with Crippen LogP contribution in [0.3, 0.4) is 0 Å². The van der Waals surface area contributed by atoms with E-state index in [0.717, 1.165) is 12.0 Å². The summed E-state index contributed by atoms with van der Waals surface area (Å²) in [7, 11) is 0. The van der Waals surface area contributed by atoms with E-state index in [1.165, 1.54) is 17.7 Å². The minimum absolute atomic E-state index is 0.00547. The maximum atomic E-state index is 13.2. The minimum Gasteiger partial charge on any atom is -0.352 e. The van der Waals surface area contributed by atoms with Gasteiger partial charge in [0.1, 0.15) is 5.82 Å². The van der Waals surface area contributed by atoms with Gasteiger partial charge in [-0.15, -0.1) is 0 Å². The van der Waals surface area contributed by atoms with Crippen molar-refractivity contribution in [1.29, 1.82) is 0 Å². The monoisotopic (exact) mass is 374 g/mol. The Labute approximate surface area is 157 Å². The molecular weight excluding hydrogens is 355 g/mol. The van der Waals surface area contributed by atoms with E-state index in [1.54, 1.807) is 11.0 Å². The van der Waals surface area contributed by atoms with Crippen LogP contribution in [0.4, 0.5) is 4.39 Å². The summed E-state index contributed by atoms with van der Waals surface area (Å²) in [5, 5.41) is 2.83. The molecule has 0 aliphatic carbocycles. The molecule has 0 radical (unpaired) electrons. The summed E-state index contributed by atoms with van der Waals surface area (Å²) in [5.41, 5.74) is 1.89. The van der Waals surface area contributed by atoms with Crippen LogP contribution in [0, 0.1) is 11.7 Å². The van der Waals surface area contributed by atoms with Gasteiger partial charge in [0.15, 0.2) is 0 Å². The number of hydrogen-bond acceptors (Lipinski definition) is 2. The molecule has 136 valence electrons. The van der Waals surface area contributed by atoms with Crippen molar-refractivity contribution in [3.05, 3.63) is 70.5 Å². The normalized spacial score (nSPS) is 16.8. The highest BCUT2D eigenvalue weighted by Gasteiger charge is 2.33. The van der Waals surface area contributed by atoms with Crippen molar-refractivity contribution < 1.29 is 14.0 Å². The number of halogens is 2. The van der Waals surface area contributed by atoms with Gasteiger partial charge in [-0.1, -0.05) is 48.0 Å².